The first-order chi connectivity index (χ1) is 7.61. The summed E-state index contributed by atoms with van der Waals surface area (Å²) in [6.45, 7) is 5.54. The van der Waals surface area contributed by atoms with Crippen LogP contribution in [0.25, 0.3) is 11.5 Å². The van der Waals surface area contributed by atoms with E-state index in [1.807, 2.05) is 26.8 Å². The monoisotopic (exact) mass is 216 g/mol. The Bertz CT molecular complexity index is 524. The van der Waals surface area contributed by atoms with E-state index in [2.05, 4.69) is 9.97 Å². The van der Waals surface area contributed by atoms with Gasteiger partial charge in [0.25, 0.3) is 0 Å². The molecule has 2 aromatic rings. The van der Waals surface area contributed by atoms with Gasteiger partial charge in [-0.15, -0.1) is 0 Å². The summed E-state index contributed by atoms with van der Waals surface area (Å²) in [5, 5.41) is 0. The van der Waals surface area contributed by atoms with Crippen molar-refractivity contribution in [3.63, 3.8) is 0 Å². The molecule has 0 N–H and O–H groups in total. The van der Waals surface area contributed by atoms with Gasteiger partial charge in [-0.25, -0.2) is 9.97 Å². The van der Waals surface area contributed by atoms with E-state index in [4.69, 9.17) is 4.42 Å². The number of hydrogen-bond acceptors (Lipinski definition) is 4. The normalized spacial score (nSPS) is 10.4. The molecule has 2 aromatic heterocycles. The second-order valence-electron chi connectivity index (χ2n) is 3.66. The average Bonchev–Trinajstić information content (AvgIpc) is 2.59. The van der Waals surface area contributed by atoms with Crippen LogP contribution < -0.4 is 0 Å². The molecule has 82 valence electrons. The fourth-order valence-corrected chi connectivity index (χ4v) is 1.44. The molecule has 0 radical (unpaired) electrons. The minimum Gasteiger partial charge on any atom is -0.441 e. The lowest BCUT2D eigenvalue weighted by molar-refractivity contribution is 0.111. The van der Waals surface area contributed by atoms with Gasteiger partial charge in [-0.1, -0.05) is 0 Å². The van der Waals surface area contributed by atoms with E-state index in [0.717, 1.165) is 23.4 Å². The van der Waals surface area contributed by atoms with Crippen molar-refractivity contribution in [2.24, 2.45) is 0 Å². The first-order valence-electron chi connectivity index (χ1n) is 4.99. The maximum atomic E-state index is 10.9. The summed E-state index contributed by atoms with van der Waals surface area (Å²) in [5.74, 6) is 1.21. The van der Waals surface area contributed by atoms with Gasteiger partial charge in [-0.3, -0.25) is 4.79 Å². The lowest BCUT2D eigenvalue weighted by Crippen LogP contribution is -1.94. The molecule has 2 rings (SSSR count). The molecular formula is C12H12N2O2. The predicted molar refractivity (Wildman–Crippen MR) is 59.3 cm³/mol. The largest absolute Gasteiger partial charge is 0.441 e. The summed E-state index contributed by atoms with van der Waals surface area (Å²) in [6.07, 6.45) is 0.719. The van der Waals surface area contributed by atoms with E-state index in [1.54, 1.807) is 6.07 Å². The second-order valence-corrected chi connectivity index (χ2v) is 3.66. The highest BCUT2D eigenvalue weighted by molar-refractivity contribution is 5.82. The molecular weight excluding hydrogens is 204 g/mol. The average molecular weight is 216 g/mol. The van der Waals surface area contributed by atoms with Gasteiger partial charge in [0.2, 0.25) is 5.89 Å². The van der Waals surface area contributed by atoms with Crippen molar-refractivity contribution in [1.29, 1.82) is 0 Å². The number of oxazole rings is 1. The quantitative estimate of drug-likeness (QED) is 0.723. The van der Waals surface area contributed by atoms with Gasteiger partial charge in [0, 0.05) is 5.69 Å². The number of aryl methyl sites for hydroxylation is 3. The number of hydrogen-bond donors (Lipinski definition) is 0. The number of nitrogens with zero attached hydrogens (tertiary/aromatic N) is 2. The highest BCUT2D eigenvalue weighted by Crippen LogP contribution is 2.23. The molecule has 16 heavy (non-hydrogen) atoms. The highest BCUT2D eigenvalue weighted by atomic mass is 16.4. The number of aromatic nitrogens is 2. The third-order valence-electron chi connectivity index (χ3n) is 2.43. The van der Waals surface area contributed by atoms with Crippen LogP contribution in [0.1, 0.15) is 27.6 Å². The van der Waals surface area contributed by atoms with Crippen LogP contribution >= 0.6 is 0 Å². The second kappa shape index (κ2) is 3.89. The van der Waals surface area contributed by atoms with E-state index in [9.17, 15) is 4.79 Å². The van der Waals surface area contributed by atoms with Crippen molar-refractivity contribution in [2.45, 2.75) is 20.8 Å². The van der Waals surface area contributed by atoms with E-state index >= 15 is 0 Å². The van der Waals surface area contributed by atoms with Gasteiger partial charge in [-0.05, 0) is 32.9 Å². The zero-order chi connectivity index (χ0) is 11.7. The zero-order valence-corrected chi connectivity index (χ0v) is 9.44. The molecule has 0 aromatic carbocycles. The molecule has 4 heteroatoms. The summed E-state index contributed by atoms with van der Waals surface area (Å²) in [4.78, 5) is 19.3. The fourth-order valence-electron chi connectivity index (χ4n) is 1.44. The number of carbonyl (C=O) groups excluding carboxylic acids is 1. The maximum absolute atomic E-state index is 10.9. The molecule has 0 bridgehead atoms. The van der Waals surface area contributed by atoms with Gasteiger partial charge in [0.1, 0.15) is 11.5 Å². The molecule has 0 spiro atoms. The number of pyridine rings is 1. The smallest absolute Gasteiger partial charge is 0.228 e. The number of rotatable bonds is 2. The Morgan fingerprint density at radius 1 is 1.19 bits per heavy atom. The number of aldehydes is 1. The Labute approximate surface area is 93.3 Å². The summed E-state index contributed by atoms with van der Waals surface area (Å²) in [6, 6.07) is 3.63. The predicted octanol–water partition coefficient (Wildman–Crippen LogP) is 2.47. The van der Waals surface area contributed by atoms with Gasteiger partial charge in [0.05, 0.1) is 11.3 Å². The lowest BCUT2D eigenvalue weighted by Gasteiger charge is -2.00. The van der Waals surface area contributed by atoms with Crippen LogP contribution in [0.15, 0.2) is 16.5 Å². The standard InChI is InChI=1S/C12H12N2O2/c1-7-4-5-10(11(6-15)13-7)12-14-8(2)9(3)16-12/h4-6H,1-3H3. The topological polar surface area (TPSA) is 56.0 Å². The third kappa shape index (κ3) is 1.74. The Balaban J connectivity index is 2.59. The van der Waals surface area contributed by atoms with E-state index in [1.165, 1.54) is 0 Å². The van der Waals surface area contributed by atoms with Crippen molar-refractivity contribution < 1.29 is 9.21 Å². The SMILES string of the molecule is Cc1ccc(-c2nc(C)c(C)o2)c(C=O)n1. The summed E-state index contributed by atoms with van der Waals surface area (Å²) >= 11 is 0. The summed E-state index contributed by atoms with van der Waals surface area (Å²) < 4.78 is 5.47. The number of carbonyl (C=O) groups is 1. The molecule has 0 aliphatic heterocycles. The molecule has 0 saturated heterocycles. The Morgan fingerprint density at radius 2 is 1.94 bits per heavy atom. The van der Waals surface area contributed by atoms with Crippen LogP contribution in [-0.2, 0) is 0 Å². The van der Waals surface area contributed by atoms with Crippen molar-refractivity contribution in [1.82, 2.24) is 9.97 Å². The molecule has 2 heterocycles. The fraction of sp³-hybridized carbons (Fsp3) is 0.250. The first-order valence-corrected chi connectivity index (χ1v) is 4.99. The molecule has 0 saturated carbocycles. The third-order valence-corrected chi connectivity index (χ3v) is 2.43. The molecule has 0 fully saturated rings. The van der Waals surface area contributed by atoms with Crippen molar-refractivity contribution in [3.05, 3.63) is 35.0 Å². The first kappa shape index (κ1) is 10.5. The van der Waals surface area contributed by atoms with E-state index in [-0.39, 0.29) is 0 Å². The summed E-state index contributed by atoms with van der Waals surface area (Å²) in [5.41, 5.74) is 2.62. The van der Waals surface area contributed by atoms with Gasteiger partial charge >= 0.3 is 0 Å². The molecule has 0 aliphatic carbocycles. The maximum Gasteiger partial charge on any atom is 0.228 e. The van der Waals surface area contributed by atoms with E-state index < -0.39 is 0 Å². The summed E-state index contributed by atoms with van der Waals surface area (Å²) in [7, 11) is 0. The van der Waals surface area contributed by atoms with Crippen LogP contribution in [0.4, 0.5) is 0 Å². The Hall–Kier alpha value is -1.97. The van der Waals surface area contributed by atoms with Crippen LogP contribution in [0, 0.1) is 20.8 Å². The van der Waals surface area contributed by atoms with Gasteiger partial charge in [-0.2, -0.15) is 0 Å². The van der Waals surface area contributed by atoms with Crippen LogP contribution in [0.5, 0.6) is 0 Å². The van der Waals surface area contributed by atoms with Crippen molar-refractivity contribution >= 4 is 6.29 Å². The Morgan fingerprint density at radius 3 is 2.50 bits per heavy atom. The van der Waals surface area contributed by atoms with Crippen molar-refractivity contribution in [3.8, 4) is 11.5 Å². The van der Waals surface area contributed by atoms with Gasteiger partial charge < -0.3 is 4.42 Å². The Kier molecular flexibility index (Phi) is 2.56. The van der Waals surface area contributed by atoms with Crippen LogP contribution in [-0.4, -0.2) is 16.3 Å². The molecule has 4 nitrogen and oxygen atoms in total. The van der Waals surface area contributed by atoms with Crippen LogP contribution in [0.3, 0.4) is 0 Å². The molecule has 0 aliphatic rings. The molecule has 0 atom stereocenters. The van der Waals surface area contributed by atoms with E-state index in [0.29, 0.717) is 17.1 Å². The zero-order valence-electron chi connectivity index (χ0n) is 9.44. The van der Waals surface area contributed by atoms with Gasteiger partial charge in [0.15, 0.2) is 6.29 Å². The minimum atomic E-state index is 0.362. The molecule has 0 amide bonds. The van der Waals surface area contributed by atoms with Crippen LogP contribution in [0.2, 0.25) is 0 Å². The highest BCUT2D eigenvalue weighted by Gasteiger charge is 2.13. The molecule has 0 unspecified atom stereocenters. The minimum absolute atomic E-state index is 0.362. The lowest BCUT2D eigenvalue weighted by atomic mass is 10.2. The van der Waals surface area contributed by atoms with Crippen molar-refractivity contribution in [2.75, 3.05) is 0 Å².